The largest absolute Gasteiger partial charge is 0.490 e. The lowest BCUT2D eigenvalue weighted by Gasteiger charge is -2.42. The van der Waals surface area contributed by atoms with Crippen molar-refractivity contribution < 1.29 is 19.7 Å². The quantitative estimate of drug-likeness (QED) is 0.720. The minimum Gasteiger partial charge on any atom is -0.490 e. The Kier molecular flexibility index (Phi) is 7.05. The lowest BCUT2D eigenvalue weighted by Crippen LogP contribution is -2.55. The maximum absolute atomic E-state index is 11.3. The SMILES string of the molecule is Cc1ccc(OC[C@]2(O)COCCN(CC3(O)CCN(c4ccc(C)cc4)CC3)C2)cc1. The second-order valence-corrected chi connectivity index (χ2v) is 9.64. The molecule has 2 N–H and O–H groups in total. The Morgan fingerprint density at radius 3 is 2.16 bits per heavy atom. The highest BCUT2D eigenvalue weighted by Crippen LogP contribution is 2.28. The fourth-order valence-corrected chi connectivity index (χ4v) is 4.58. The first kappa shape index (κ1) is 23.1. The lowest BCUT2D eigenvalue weighted by molar-refractivity contribution is -0.0742. The molecular weight excluding hydrogens is 404 g/mol. The van der Waals surface area contributed by atoms with E-state index >= 15 is 0 Å². The predicted octanol–water partition coefficient (Wildman–Crippen LogP) is 2.78. The molecule has 0 aromatic heterocycles. The number of rotatable bonds is 6. The third-order valence-electron chi connectivity index (χ3n) is 6.58. The number of aliphatic hydroxyl groups is 2. The maximum atomic E-state index is 11.3. The molecule has 4 rings (SSSR count). The number of nitrogens with zero attached hydrogens (tertiary/aromatic N) is 2. The third-order valence-corrected chi connectivity index (χ3v) is 6.58. The molecule has 0 saturated carbocycles. The van der Waals surface area contributed by atoms with Crippen LogP contribution in [-0.2, 0) is 4.74 Å². The van der Waals surface area contributed by atoms with Gasteiger partial charge in [0, 0.05) is 38.4 Å². The van der Waals surface area contributed by atoms with Crippen molar-refractivity contribution in [2.45, 2.75) is 37.9 Å². The molecule has 6 heteroatoms. The third kappa shape index (κ3) is 6.01. The highest BCUT2D eigenvalue weighted by molar-refractivity contribution is 5.48. The normalized spacial score (nSPS) is 24.2. The summed E-state index contributed by atoms with van der Waals surface area (Å²) in [4.78, 5) is 4.47. The standard InChI is InChI=1S/C26H36N2O4/c1-21-3-7-23(8-4-21)28-13-11-25(29,12-14-28)17-27-15-16-31-19-26(30,18-27)20-32-24-9-5-22(2)6-10-24/h3-10,29-30H,11-20H2,1-2H3/t26-/m1/s1. The first-order valence-corrected chi connectivity index (χ1v) is 11.6. The van der Waals surface area contributed by atoms with E-state index in [2.05, 4.69) is 41.0 Å². The molecule has 2 aliphatic rings. The van der Waals surface area contributed by atoms with E-state index in [1.165, 1.54) is 16.8 Å². The van der Waals surface area contributed by atoms with E-state index in [-0.39, 0.29) is 13.2 Å². The van der Waals surface area contributed by atoms with E-state index < -0.39 is 11.2 Å². The smallest absolute Gasteiger partial charge is 0.134 e. The minimum atomic E-state index is -1.11. The molecule has 0 unspecified atom stereocenters. The van der Waals surface area contributed by atoms with Gasteiger partial charge < -0.3 is 24.6 Å². The Bertz CT molecular complexity index is 862. The van der Waals surface area contributed by atoms with Gasteiger partial charge in [0.15, 0.2) is 0 Å². The molecule has 6 nitrogen and oxygen atoms in total. The van der Waals surface area contributed by atoms with Crippen LogP contribution in [-0.4, -0.2) is 78.9 Å². The Balaban J connectivity index is 1.32. The molecule has 0 spiro atoms. The number of hydrogen-bond acceptors (Lipinski definition) is 6. The maximum Gasteiger partial charge on any atom is 0.134 e. The zero-order valence-corrected chi connectivity index (χ0v) is 19.3. The molecule has 0 radical (unpaired) electrons. The first-order valence-electron chi connectivity index (χ1n) is 11.6. The van der Waals surface area contributed by atoms with Crippen LogP contribution in [0.3, 0.4) is 0 Å². The summed E-state index contributed by atoms with van der Waals surface area (Å²) in [5, 5.41) is 22.5. The van der Waals surface area contributed by atoms with Crippen LogP contribution in [0.2, 0.25) is 0 Å². The van der Waals surface area contributed by atoms with Crippen LogP contribution in [0.25, 0.3) is 0 Å². The summed E-state index contributed by atoms with van der Waals surface area (Å²) >= 11 is 0. The van der Waals surface area contributed by atoms with Crippen molar-refractivity contribution in [3.05, 3.63) is 59.7 Å². The van der Waals surface area contributed by atoms with Gasteiger partial charge in [0.1, 0.15) is 18.0 Å². The summed E-state index contributed by atoms with van der Waals surface area (Å²) in [5.41, 5.74) is 1.76. The van der Waals surface area contributed by atoms with Crippen molar-refractivity contribution in [2.24, 2.45) is 0 Å². The van der Waals surface area contributed by atoms with Gasteiger partial charge in [0.25, 0.3) is 0 Å². The molecule has 2 fully saturated rings. The Morgan fingerprint density at radius 2 is 1.50 bits per heavy atom. The summed E-state index contributed by atoms with van der Waals surface area (Å²) in [6.07, 6.45) is 1.41. The van der Waals surface area contributed by atoms with Crippen LogP contribution in [0, 0.1) is 13.8 Å². The molecule has 2 heterocycles. The molecule has 0 aliphatic carbocycles. The first-order chi connectivity index (χ1) is 15.3. The van der Waals surface area contributed by atoms with Crippen LogP contribution in [0.15, 0.2) is 48.5 Å². The van der Waals surface area contributed by atoms with Gasteiger partial charge in [-0.1, -0.05) is 35.4 Å². The summed E-state index contributed by atoms with van der Waals surface area (Å²) in [6, 6.07) is 16.4. The Labute approximate surface area is 191 Å². The number of hydrogen-bond donors (Lipinski definition) is 2. The van der Waals surface area contributed by atoms with Crippen molar-refractivity contribution in [3.8, 4) is 5.75 Å². The Hall–Kier alpha value is -2.12. The second-order valence-electron chi connectivity index (χ2n) is 9.64. The van der Waals surface area contributed by atoms with Gasteiger partial charge in [-0.3, -0.25) is 4.90 Å². The van der Waals surface area contributed by atoms with E-state index in [0.717, 1.165) is 18.8 Å². The molecule has 2 aliphatic heterocycles. The number of anilines is 1. The van der Waals surface area contributed by atoms with Gasteiger partial charge in [-0.05, 0) is 51.0 Å². The van der Waals surface area contributed by atoms with Crippen molar-refractivity contribution in [3.63, 3.8) is 0 Å². The van der Waals surface area contributed by atoms with Crippen LogP contribution >= 0.6 is 0 Å². The van der Waals surface area contributed by atoms with Crippen LogP contribution < -0.4 is 9.64 Å². The zero-order valence-electron chi connectivity index (χ0n) is 19.3. The van der Waals surface area contributed by atoms with Gasteiger partial charge >= 0.3 is 0 Å². The van der Waals surface area contributed by atoms with Crippen LogP contribution in [0.4, 0.5) is 5.69 Å². The summed E-state index contributed by atoms with van der Waals surface area (Å²) in [6.45, 7) is 8.35. The molecular formula is C26H36N2O4. The monoisotopic (exact) mass is 440 g/mol. The van der Waals surface area contributed by atoms with E-state index in [4.69, 9.17) is 9.47 Å². The minimum absolute atomic E-state index is 0.159. The fourth-order valence-electron chi connectivity index (χ4n) is 4.58. The zero-order chi connectivity index (χ0) is 22.6. The number of aryl methyl sites for hydroxylation is 2. The molecule has 0 bridgehead atoms. The number of piperidine rings is 1. The molecule has 2 aromatic carbocycles. The van der Waals surface area contributed by atoms with E-state index in [0.29, 0.717) is 39.1 Å². The van der Waals surface area contributed by atoms with Gasteiger partial charge in [-0.2, -0.15) is 0 Å². The van der Waals surface area contributed by atoms with Gasteiger partial charge in [0.2, 0.25) is 0 Å². The molecule has 2 aromatic rings. The number of benzene rings is 2. The topological polar surface area (TPSA) is 65.4 Å². The molecule has 174 valence electrons. The van der Waals surface area contributed by atoms with E-state index in [9.17, 15) is 10.2 Å². The lowest BCUT2D eigenvalue weighted by atomic mass is 9.90. The van der Waals surface area contributed by atoms with E-state index in [1.807, 2.05) is 31.2 Å². The summed E-state index contributed by atoms with van der Waals surface area (Å²) < 4.78 is 11.6. The average molecular weight is 441 g/mol. The highest BCUT2D eigenvalue weighted by Gasteiger charge is 2.39. The van der Waals surface area contributed by atoms with Crippen molar-refractivity contribution in [2.75, 3.05) is 57.4 Å². The number of β-amino-alcohol motifs (C(OH)–C–C–N with tert-alkyl or cyclic N) is 2. The van der Waals surface area contributed by atoms with Crippen molar-refractivity contribution in [1.29, 1.82) is 0 Å². The highest BCUT2D eigenvalue weighted by atomic mass is 16.5. The van der Waals surface area contributed by atoms with Crippen molar-refractivity contribution in [1.82, 2.24) is 4.90 Å². The summed E-state index contributed by atoms with van der Waals surface area (Å²) in [7, 11) is 0. The molecule has 2 saturated heterocycles. The predicted molar refractivity (Wildman–Crippen MR) is 126 cm³/mol. The second kappa shape index (κ2) is 9.79. The molecule has 0 amide bonds. The molecule has 1 atom stereocenters. The van der Waals surface area contributed by atoms with Gasteiger partial charge in [-0.25, -0.2) is 0 Å². The Morgan fingerprint density at radius 1 is 0.875 bits per heavy atom. The van der Waals surface area contributed by atoms with E-state index in [1.54, 1.807) is 0 Å². The average Bonchev–Trinajstić information content (AvgIpc) is 2.95. The van der Waals surface area contributed by atoms with Crippen molar-refractivity contribution >= 4 is 5.69 Å². The fraction of sp³-hybridized carbons (Fsp3) is 0.538. The van der Waals surface area contributed by atoms with Crippen LogP contribution in [0.1, 0.15) is 24.0 Å². The summed E-state index contributed by atoms with van der Waals surface area (Å²) in [5.74, 6) is 0.738. The van der Waals surface area contributed by atoms with Crippen LogP contribution in [0.5, 0.6) is 5.75 Å². The van der Waals surface area contributed by atoms with Gasteiger partial charge in [0.05, 0.1) is 18.8 Å². The number of ether oxygens (including phenoxy) is 2. The molecule has 32 heavy (non-hydrogen) atoms. The van der Waals surface area contributed by atoms with Gasteiger partial charge in [-0.15, -0.1) is 0 Å².